The van der Waals surface area contributed by atoms with Crippen LogP contribution in [0.1, 0.15) is 24.8 Å². The Morgan fingerprint density at radius 1 is 1.00 bits per heavy atom. The molecule has 0 saturated carbocycles. The second-order valence-electron chi connectivity index (χ2n) is 7.58. The first-order valence-electron chi connectivity index (χ1n) is 10.2. The van der Waals surface area contributed by atoms with Gasteiger partial charge in [-0.2, -0.15) is 0 Å². The maximum atomic E-state index is 12.5. The van der Waals surface area contributed by atoms with E-state index in [9.17, 15) is 9.59 Å². The van der Waals surface area contributed by atoms with Crippen molar-refractivity contribution >= 4 is 28.9 Å². The van der Waals surface area contributed by atoms with Crippen molar-refractivity contribution in [2.24, 2.45) is 0 Å². The average Bonchev–Trinajstić information content (AvgIpc) is 2.74. The predicted octanol–water partition coefficient (Wildman–Crippen LogP) is 3.49. The van der Waals surface area contributed by atoms with Gasteiger partial charge >= 0.3 is 0 Å². The summed E-state index contributed by atoms with van der Waals surface area (Å²) in [6.07, 6.45) is 3.68. The summed E-state index contributed by atoms with van der Waals surface area (Å²) in [6, 6.07) is 15.7. The molecule has 1 heterocycles. The number of hydrogen-bond donors (Lipinski definition) is 2. The number of para-hydroxylation sites is 2. The van der Waals surface area contributed by atoms with Crippen LogP contribution in [0.2, 0.25) is 0 Å². The van der Waals surface area contributed by atoms with Gasteiger partial charge in [0.2, 0.25) is 11.8 Å². The maximum Gasteiger partial charge on any atom is 0.243 e. The summed E-state index contributed by atoms with van der Waals surface area (Å²) in [5, 5.41) is 6.08. The van der Waals surface area contributed by atoms with Crippen LogP contribution in [0.4, 0.5) is 17.1 Å². The van der Waals surface area contributed by atoms with E-state index in [0.717, 1.165) is 35.7 Å². The molecule has 2 amide bonds. The van der Waals surface area contributed by atoms with Crippen molar-refractivity contribution in [1.29, 1.82) is 0 Å². The number of piperidine rings is 1. The minimum Gasteiger partial charge on any atom is -0.374 e. The molecule has 1 saturated heterocycles. The third-order valence-corrected chi connectivity index (χ3v) is 5.17. The smallest absolute Gasteiger partial charge is 0.243 e. The highest BCUT2D eigenvalue weighted by molar-refractivity contribution is 5.95. The van der Waals surface area contributed by atoms with Gasteiger partial charge in [0, 0.05) is 25.8 Å². The highest BCUT2D eigenvalue weighted by atomic mass is 16.2. The molecule has 154 valence electrons. The van der Waals surface area contributed by atoms with E-state index in [1.807, 2.05) is 49.4 Å². The molecule has 0 aliphatic carbocycles. The minimum atomic E-state index is -0.210. The van der Waals surface area contributed by atoms with Gasteiger partial charge in [-0.15, -0.1) is 0 Å². The molecule has 2 aromatic carbocycles. The van der Waals surface area contributed by atoms with E-state index in [1.165, 1.54) is 24.2 Å². The van der Waals surface area contributed by atoms with Crippen molar-refractivity contribution in [3.63, 3.8) is 0 Å². The summed E-state index contributed by atoms with van der Waals surface area (Å²) >= 11 is 0. The Labute approximate surface area is 172 Å². The van der Waals surface area contributed by atoms with Crippen molar-refractivity contribution in [3.05, 3.63) is 54.1 Å². The quantitative estimate of drug-likeness (QED) is 0.754. The Hall–Kier alpha value is -3.02. The highest BCUT2D eigenvalue weighted by Crippen LogP contribution is 2.28. The van der Waals surface area contributed by atoms with Crippen molar-refractivity contribution in [3.8, 4) is 0 Å². The largest absolute Gasteiger partial charge is 0.374 e. The third kappa shape index (κ3) is 5.98. The van der Waals surface area contributed by atoms with Crippen LogP contribution < -0.4 is 15.5 Å². The van der Waals surface area contributed by atoms with Gasteiger partial charge in [-0.25, -0.2) is 0 Å². The summed E-state index contributed by atoms with van der Waals surface area (Å²) in [7, 11) is 1.65. The highest BCUT2D eigenvalue weighted by Gasteiger charge is 2.16. The Balaban J connectivity index is 1.51. The van der Waals surface area contributed by atoms with Gasteiger partial charge in [0.05, 0.1) is 24.5 Å². The lowest BCUT2D eigenvalue weighted by molar-refractivity contribution is -0.131. The zero-order chi connectivity index (χ0) is 20.6. The normalized spacial score (nSPS) is 13.7. The summed E-state index contributed by atoms with van der Waals surface area (Å²) in [4.78, 5) is 28.5. The van der Waals surface area contributed by atoms with Crippen molar-refractivity contribution in [2.75, 3.05) is 48.8 Å². The van der Waals surface area contributed by atoms with Crippen LogP contribution in [-0.2, 0) is 9.59 Å². The number of benzene rings is 2. The first-order valence-corrected chi connectivity index (χ1v) is 10.2. The van der Waals surface area contributed by atoms with Gasteiger partial charge in [0.1, 0.15) is 0 Å². The number of amides is 2. The lowest BCUT2D eigenvalue weighted by Crippen LogP contribution is -2.38. The molecule has 0 atom stereocenters. The number of anilines is 3. The van der Waals surface area contributed by atoms with Crippen molar-refractivity contribution in [2.45, 2.75) is 26.2 Å². The monoisotopic (exact) mass is 394 g/mol. The molecule has 6 heteroatoms. The molecule has 0 spiro atoms. The van der Waals surface area contributed by atoms with E-state index in [2.05, 4.69) is 21.6 Å². The molecule has 29 heavy (non-hydrogen) atoms. The average molecular weight is 395 g/mol. The lowest BCUT2D eigenvalue weighted by Gasteiger charge is -2.30. The van der Waals surface area contributed by atoms with Crippen LogP contribution in [0.15, 0.2) is 48.5 Å². The second-order valence-corrected chi connectivity index (χ2v) is 7.58. The SMILES string of the molecule is Cc1ccc(NC(=O)CN(C)C(=O)CNc2ccccc2N2CCCCC2)cc1. The number of aryl methyl sites for hydroxylation is 1. The molecular weight excluding hydrogens is 364 g/mol. The number of rotatable bonds is 7. The number of nitrogens with one attached hydrogen (secondary N) is 2. The number of likely N-dealkylation sites (N-methyl/N-ethyl adjacent to an activating group) is 1. The van der Waals surface area contributed by atoms with Gasteiger partial charge in [-0.3, -0.25) is 9.59 Å². The van der Waals surface area contributed by atoms with Crippen LogP contribution >= 0.6 is 0 Å². The fourth-order valence-corrected chi connectivity index (χ4v) is 3.48. The van der Waals surface area contributed by atoms with Gasteiger partial charge in [0.25, 0.3) is 0 Å². The number of hydrogen-bond acceptors (Lipinski definition) is 4. The summed E-state index contributed by atoms with van der Waals surface area (Å²) in [6.45, 7) is 4.26. The Bertz CT molecular complexity index is 829. The van der Waals surface area contributed by atoms with Crippen LogP contribution in [0.3, 0.4) is 0 Å². The van der Waals surface area contributed by atoms with Crippen molar-refractivity contribution < 1.29 is 9.59 Å². The van der Waals surface area contributed by atoms with Crippen LogP contribution in [0.25, 0.3) is 0 Å². The molecule has 0 radical (unpaired) electrons. The number of nitrogens with zero attached hydrogens (tertiary/aromatic N) is 2. The third-order valence-electron chi connectivity index (χ3n) is 5.17. The van der Waals surface area contributed by atoms with Crippen molar-refractivity contribution in [1.82, 2.24) is 4.90 Å². The standard InChI is InChI=1S/C23H30N4O2/c1-18-10-12-19(13-11-18)25-22(28)17-26(2)23(29)16-24-20-8-4-5-9-21(20)27-14-6-3-7-15-27/h4-5,8-13,24H,3,6-7,14-17H2,1-2H3,(H,25,28). The first-order chi connectivity index (χ1) is 14.0. The Morgan fingerprint density at radius 3 is 2.41 bits per heavy atom. The van der Waals surface area contributed by atoms with Gasteiger partial charge in [-0.05, 0) is 50.5 Å². The van der Waals surface area contributed by atoms with E-state index in [4.69, 9.17) is 0 Å². The Morgan fingerprint density at radius 2 is 1.69 bits per heavy atom. The van der Waals surface area contributed by atoms with E-state index in [-0.39, 0.29) is 24.9 Å². The topological polar surface area (TPSA) is 64.7 Å². The van der Waals surface area contributed by atoms with E-state index in [1.54, 1.807) is 7.05 Å². The zero-order valence-electron chi connectivity index (χ0n) is 17.3. The predicted molar refractivity (Wildman–Crippen MR) is 118 cm³/mol. The molecule has 2 aromatic rings. The van der Waals surface area contributed by atoms with Gasteiger partial charge in [-0.1, -0.05) is 29.8 Å². The Kier molecular flexibility index (Phi) is 7.11. The molecular formula is C23H30N4O2. The van der Waals surface area contributed by atoms with E-state index in [0.29, 0.717) is 0 Å². The molecule has 0 aromatic heterocycles. The fourth-order valence-electron chi connectivity index (χ4n) is 3.48. The minimum absolute atomic E-state index is 0.0160. The second kappa shape index (κ2) is 9.96. The molecule has 1 aliphatic rings. The van der Waals surface area contributed by atoms with Crippen LogP contribution in [-0.4, -0.2) is 49.9 Å². The summed E-state index contributed by atoms with van der Waals surface area (Å²) < 4.78 is 0. The number of carbonyl (C=O) groups excluding carboxylic acids is 2. The van der Waals surface area contributed by atoms with Gasteiger partial charge < -0.3 is 20.4 Å². The first kappa shape index (κ1) is 20.7. The molecule has 3 rings (SSSR count). The molecule has 1 fully saturated rings. The summed E-state index contributed by atoms with van der Waals surface area (Å²) in [5.41, 5.74) is 3.96. The van der Waals surface area contributed by atoms with E-state index < -0.39 is 0 Å². The van der Waals surface area contributed by atoms with Crippen LogP contribution in [0, 0.1) is 6.92 Å². The molecule has 0 bridgehead atoms. The van der Waals surface area contributed by atoms with Crippen LogP contribution in [0.5, 0.6) is 0 Å². The molecule has 2 N–H and O–H groups in total. The molecule has 6 nitrogen and oxygen atoms in total. The van der Waals surface area contributed by atoms with E-state index >= 15 is 0 Å². The zero-order valence-corrected chi connectivity index (χ0v) is 17.3. The number of carbonyl (C=O) groups is 2. The molecule has 0 unspecified atom stereocenters. The lowest BCUT2D eigenvalue weighted by atomic mass is 10.1. The fraction of sp³-hybridized carbons (Fsp3) is 0.391. The van der Waals surface area contributed by atoms with Gasteiger partial charge in [0.15, 0.2) is 0 Å². The summed E-state index contributed by atoms with van der Waals surface area (Å²) in [5.74, 6) is -0.337. The molecule has 1 aliphatic heterocycles. The maximum absolute atomic E-state index is 12.5.